The number of carbonyl (C=O) groups excluding carboxylic acids is 1. The van der Waals surface area contributed by atoms with Crippen LogP contribution in [0.25, 0.3) is 0 Å². The standard InChI is InChI=1S/C13H16FN5O2/c1-19-17-11(16-18-19)7-13(8-15,12(20)21-2)9-3-5-10(14)6-4-9/h3-6H,7-8,15H2,1-2H3. The lowest BCUT2D eigenvalue weighted by atomic mass is 9.77. The van der Waals surface area contributed by atoms with Gasteiger partial charge >= 0.3 is 5.97 Å². The molecule has 7 nitrogen and oxygen atoms in total. The van der Waals surface area contributed by atoms with E-state index in [0.29, 0.717) is 11.4 Å². The molecule has 0 saturated carbocycles. The number of hydrogen-bond acceptors (Lipinski definition) is 6. The van der Waals surface area contributed by atoms with Crippen LogP contribution in [0.15, 0.2) is 24.3 Å². The maximum atomic E-state index is 13.1. The average Bonchev–Trinajstić information content (AvgIpc) is 2.90. The highest BCUT2D eigenvalue weighted by Crippen LogP contribution is 2.28. The second-order valence-corrected chi connectivity index (χ2v) is 4.66. The van der Waals surface area contributed by atoms with Gasteiger partial charge in [0.1, 0.15) is 11.2 Å². The van der Waals surface area contributed by atoms with E-state index in [1.165, 1.54) is 36.2 Å². The number of tetrazole rings is 1. The predicted octanol–water partition coefficient (Wildman–Crippen LogP) is -0.0386. The quantitative estimate of drug-likeness (QED) is 0.777. The van der Waals surface area contributed by atoms with E-state index in [1.54, 1.807) is 7.05 Å². The van der Waals surface area contributed by atoms with Crippen LogP contribution in [0.5, 0.6) is 0 Å². The Labute approximate surface area is 120 Å². The molecule has 1 atom stereocenters. The third kappa shape index (κ3) is 2.89. The molecule has 2 N–H and O–H groups in total. The lowest BCUT2D eigenvalue weighted by molar-refractivity contribution is -0.147. The second kappa shape index (κ2) is 5.96. The summed E-state index contributed by atoms with van der Waals surface area (Å²) in [5.74, 6) is -0.561. The smallest absolute Gasteiger partial charge is 0.318 e. The van der Waals surface area contributed by atoms with E-state index in [9.17, 15) is 9.18 Å². The van der Waals surface area contributed by atoms with E-state index in [4.69, 9.17) is 10.5 Å². The molecule has 21 heavy (non-hydrogen) atoms. The third-order valence-corrected chi connectivity index (χ3v) is 3.33. The summed E-state index contributed by atoms with van der Waals surface area (Å²) in [6.45, 7) is -0.0242. The fourth-order valence-electron chi connectivity index (χ4n) is 2.19. The van der Waals surface area contributed by atoms with Crippen LogP contribution in [0.3, 0.4) is 0 Å². The molecular formula is C13H16FN5O2. The van der Waals surface area contributed by atoms with Crippen LogP contribution in [-0.4, -0.2) is 39.8 Å². The lowest BCUT2D eigenvalue weighted by Crippen LogP contribution is -2.46. The third-order valence-electron chi connectivity index (χ3n) is 3.33. The molecule has 1 aromatic carbocycles. The summed E-state index contributed by atoms with van der Waals surface area (Å²) in [5, 5.41) is 11.7. The number of methoxy groups -OCH3 is 1. The van der Waals surface area contributed by atoms with Gasteiger partial charge in [-0.3, -0.25) is 4.79 Å². The molecule has 8 heteroatoms. The maximum absolute atomic E-state index is 13.1. The first-order chi connectivity index (χ1) is 10.0. The summed E-state index contributed by atoms with van der Waals surface area (Å²) in [5.41, 5.74) is 5.20. The molecule has 2 rings (SSSR count). The number of halogens is 1. The lowest BCUT2D eigenvalue weighted by Gasteiger charge is -2.28. The molecule has 0 spiro atoms. The summed E-state index contributed by atoms with van der Waals surface area (Å²) in [6, 6.07) is 5.56. The minimum absolute atomic E-state index is 0.0242. The van der Waals surface area contributed by atoms with Gasteiger partial charge in [-0.2, -0.15) is 4.80 Å². The summed E-state index contributed by atoms with van der Waals surface area (Å²) < 4.78 is 18.0. The minimum atomic E-state index is -1.18. The Balaban J connectivity index is 2.47. The van der Waals surface area contributed by atoms with Crippen molar-refractivity contribution in [3.05, 3.63) is 41.5 Å². The van der Waals surface area contributed by atoms with Crippen molar-refractivity contribution < 1.29 is 13.9 Å². The number of esters is 1. The van der Waals surface area contributed by atoms with Crippen molar-refractivity contribution in [3.63, 3.8) is 0 Å². The van der Waals surface area contributed by atoms with Crippen molar-refractivity contribution in [2.75, 3.05) is 13.7 Å². The highest BCUT2D eigenvalue weighted by atomic mass is 19.1. The first kappa shape index (κ1) is 15.0. The largest absolute Gasteiger partial charge is 0.468 e. The number of aryl methyl sites for hydroxylation is 1. The van der Waals surface area contributed by atoms with Crippen molar-refractivity contribution in [3.8, 4) is 0 Å². The number of benzene rings is 1. The molecule has 0 radical (unpaired) electrons. The van der Waals surface area contributed by atoms with Gasteiger partial charge in [0.25, 0.3) is 0 Å². The molecule has 1 aromatic heterocycles. The zero-order chi connectivity index (χ0) is 15.5. The van der Waals surface area contributed by atoms with Gasteiger partial charge in [0.15, 0.2) is 5.82 Å². The minimum Gasteiger partial charge on any atom is -0.468 e. The molecule has 0 aliphatic carbocycles. The molecular weight excluding hydrogens is 277 g/mol. The first-order valence-electron chi connectivity index (χ1n) is 6.29. The van der Waals surface area contributed by atoms with Crippen molar-refractivity contribution in [2.45, 2.75) is 11.8 Å². The van der Waals surface area contributed by atoms with Gasteiger partial charge in [-0.05, 0) is 22.9 Å². The molecule has 0 saturated heterocycles. The van der Waals surface area contributed by atoms with Gasteiger partial charge in [-0.15, -0.1) is 10.2 Å². The van der Waals surface area contributed by atoms with Crippen LogP contribution in [0.1, 0.15) is 11.4 Å². The van der Waals surface area contributed by atoms with Gasteiger partial charge < -0.3 is 10.5 Å². The van der Waals surface area contributed by atoms with Crippen LogP contribution < -0.4 is 5.73 Å². The molecule has 2 aromatic rings. The molecule has 0 aliphatic heterocycles. The van der Waals surface area contributed by atoms with Crippen molar-refractivity contribution in [1.29, 1.82) is 0 Å². The Hall–Kier alpha value is -2.35. The van der Waals surface area contributed by atoms with Crippen LogP contribution >= 0.6 is 0 Å². The molecule has 0 aliphatic rings. The number of hydrogen-bond donors (Lipinski definition) is 1. The Morgan fingerprint density at radius 1 is 1.43 bits per heavy atom. The second-order valence-electron chi connectivity index (χ2n) is 4.66. The number of nitrogens with two attached hydrogens (primary N) is 1. The Morgan fingerprint density at radius 3 is 2.57 bits per heavy atom. The van der Waals surface area contributed by atoms with Gasteiger partial charge in [0.05, 0.1) is 14.2 Å². The van der Waals surface area contributed by atoms with E-state index in [-0.39, 0.29) is 13.0 Å². The number of ether oxygens (including phenoxy) is 1. The van der Waals surface area contributed by atoms with Crippen LogP contribution in [-0.2, 0) is 28.4 Å². The zero-order valence-electron chi connectivity index (χ0n) is 11.8. The Bertz CT molecular complexity index is 628. The van der Waals surface area contributed by atoms with E-state index >= 15 is 0 Å². The molecule has 0 amide bonds. The summed E-state index contributed by atoms with van der Waals surface area (Å²) in [6.07, 6.45) is 0.121. The monoisotopic (exact) mass is 293 g/mol. The van der Waals surface area contributed by atoms with Crippen molar-refractivity contribution in [2.24, 2.45) is 12.8 Å². The number of nitrogens with zero attached hydrogens (tertiary/aromatic N) is 4. The molecule has 0 fully saturated rings. The highest BCUT2D eigenvalue weighted by molar-refractivity contribution is 5.83. The normalized spacial score (nSPS) is 13.7. The number of aromatic nitrogens is 4. The highest BCUT2D eigenvalue weighted by Gasteiger charge is 2.41. The topological polar surface area (TPSA) is 95.9 Å². The molecule has 1 unspecified atom stereocenters. The number of carbonyl (C=O) groups is 1. The predicted molar refractivity (Wildman–Crippen MR) is 71.7 cm³/mol. The van der Waals surface area contributed by atoms with Gasteiger partial charge in [-0.1, -0.05) is 12.1 Å². The molecule has 112 valence electrons. The van der Waals surface area contributed by atoms with E-state index in [1.807, 2.05) is 0 Å². The first-order valence-corrected chi connectivity index (χ1v) is 6.29. The maximum Gasteiger partial charge on any atom is 0.318 e. The summed E-state index contributed by atoms with van der Waals surface area (Å²) >= 11 is 0. The fourth-order valence-corrected chi connectivity index (χ4v) is 2.19. The van der Waals surface area contributed by atoms with Gasteiger partial charge in [0.2, 0.25) is 0 Å². The van der Waals surface area contributed by atoms with Crippen LogP contribution in [0.2, 0.25) is 0 Å². The van der Waals surface area contributed by atoms with E-state index in [2.05, 4.69) is 15.4 Å². The zero-order valence-corrected chi connectivity index (χ0v) is 11.8. The SMILES string of the molecule is COC(=O)C(CN)(Cc1nnn(C)n1)c1ccc(F)cc1. The van der Waals surface area contributed by atoms with Gasteiger partial charge in [-0.25, -0.2) is 4.39 Å². The summed E-state index contributed by atoms with van der Waals surface area (Å²) in [4.78, 5) is 13.6. The molecule has 1 heterocycles. The van der Waals surface area contributed by atoms with Crippen molar-refractivity contribution >= 4 is 5.97 Å². The Morgan fingerprint density at radius 2 is 2.10 bits per heavy atom. The van der Waals surface area contributed by atoms with Crippen LogP contribution in [0.4, 0.5) is 4.39 Å². The van der Waals surface area contributed by atoms with E-state index < -0.39 is 17.2 Å². The van der Waals surface area contributed by atoms with Crippen LogP contribution in [0, 0.1) is 5.82 Å². The average molecular weight is 293 g/mol. The van der Waals surface area contributed by atoms with E-state index in [0.717, 1.165) is 0 Å². The summed E-state index contributed by atoms with van der Waals surface area (Å²) in [7, 11) is 2.90. The van der Waals surface area contributed by atoms with Gasteiger partial charge in [0, 0.05) is 13.0 Å². The van der Waals surface area contributed by atoms with Crippen molar-refractivity contribution in [1.82, 2.24) is 20.2 Å². The Kier molecular flexibility index (Phi) is 4.27. The number of rotatable bonds is 5. The molecule has 0 bridgehead atoms. The fraction of sp³-hybridized carbons (Fsp3) is 0.385.